The average Bonchev–Trinajstić information content (AvgIpc) is 2.84. The number of nitro benzene ring substituents is 1. The summed E-state index contributed by atoms with van der Waals surface area (Å²) in [5.74, 6) is -2.84. The van der Waals surface area contributed by atoms with Gasteiger partial charge in [-0.25, -0.2) is 4.79 Å². The van der Waals surface area contributed by atoms with Crippen molar-refractivity contribution in [2.45, 2.75) is 12.5 Å². The van der Waals surface area contributed by atoms with E-state index >= 15 is 0 Å². The molecule has 25 heavy (non-hydrogen) atoms. The van der Waals surface area contributed by atoms with Gasteiger partial charge in [-0.05, 0) is 12.1 Å². The van der Waals surface area contributed by atoms with Crippen LogP contribution in [0, 0.1) is 10.1 Å². The fourth-order valence-electron chi connectivity index (χ4n) is 2.85. The molecule has 0 radical (unpaired) electrons. The van der Waals surface area contributed by atoms with E-state index in [-0.39, 0.29) is 28.8 Å². The second-order valence-electron chi connectivity index (χ2n) is 5.47. The molecule has 0 aromatic heterocycles. The van der Waals surface area contributed by atoms with Crippen molar-refractivity contribution in [3.05, 3.63) is 75.3 Å². The molecule has 126 valence electrons. The van der Waals surface area contributed by atoms with E-state index in [2.05, 4.69) is 0 Å². The maximum atomic E-state index is 12.5. The van der Waals surface area contributed by atoms with Crippen molar-refractivity contribution < 1.29 is 24.4 Å². The number of carbonyl (C=O) groups is 3. The van der Waals surface area contributed by atoms with E-state index in [4.69, 9.17) is 0 Å². The van der Waals surface area contributed by atoms with Gasteiger partial charge < -0.3 is 5.11 Å². The third kappa shape index (κ3) is 2.74. The Morgan fingerprint density at radius 2 is 1.56 bits per heavy atom. The number of carboxylic acids is 1. The lowest BCUT2D eigenvalue weighted by Gasteiger charge is -2.22. The number of nitro groups is 1. The number of benzene rings is 2. The first-order valence-corrected chi connectivity index (χ1v) is 7.34. The SMILES string of the molecule is O=C(O)[C@@H](Cc1ccccc1[N+](=O)[O-])N1C(=O)c2ccccc2C1=O. The number of hydrogen-bond acceptors (Lipinski definition) is 5. The topological polar surface area (TPSA) is 118 Å². The predicted molar refractivity (Wildman–Crippen MR) is 85.2 cm³/mol. The molecule has 1 heterocycles. The Morgan fingerprint density at radius 1 is 1.04 bits per heavy atom. The van der Waals surface area contributed by atoms with Gasteiger partial charge in [-0.15, -0.1) is 0 Å². The summed E-state index contributed by atoms with van der Waals surface area (Å²) in [5, 5.41) is 20.6. The molecule has 0 unspecified atom stereocenters. The maximum Gasteiger partial charge on any atom is 0.327 e. The summed E-state index contributed by atoms with van der Waals surface area (Å²) in [5.41, 5.74) is 0.129. The van der Waals surface area contributed by atoms with E-state index in [1.807, 2.05) is 0 Å². The molecule has 0 aliphatic carbocycles. The molecule has 0 saturated carbocycles. The minimum Gasteiger partial charge on any atom is -0.480 e. The minimum absolute atomic E-state index is 0.126. The highest BCUT2D eigenvalue weighted by Crippen LogP contribution is 2.28. The second kappa shape index (κ2) is 6.16. The molecule has 0 spiro atoms. The van der Waals surface area contributed by atoms with Crippen LogP contribution in [0.25, 0.3) is 0 Å². The Balaban J connectivity index is 1.99. The van der Waals surface area contributed by atoms with Crippen LogP contribution in [0.5, 0.6) is 0 Å². The number of hydrogen-bond donors (Lipinski definition) is 1. The van der Waals surface area contributed by atoms with Crippen molar-refractivity contribution in [3.8, 4) is 0 Å². The number of amides is 2. The molecule has 8 nitrogen and oxygen atoms in total. The summed E-state index contributed by atoms with van der Waals surface area (Å²) in [6.45, 7) is 0. The van der Waals surface area contributed by atoms with Crippen molar-refractivity contribution in [1.82, 2.24) is 4.90 Å². The van der Waals surface area contributed by atoms with E-state index in [1.54, 1.807) is 12.1 Å². The van der Waals surface area contributed by atoms with Crippen LogP contribution in [0.3, 0.4) is 0 Å². The lowest BCUT2D eigenvalue weighted by atomic mass is 10.0. The summed E-state index contributed by atoms with van der Waals surface area (Å²) in [6.07, 6.45) is -0.349. The lowest BCUT2D eigenvalue weighted by Crippen LogP contribution is -2.46. The van der Waals surface area contributed by atoms with Gasteiger partial charge in [-0.3, -0.25) is 24.6 Å². The van der Waals surface area contributed by atoms with E-state index in [0.717, 1.165) is 0 Å². The van der Waals surface area contributed by atoms with Crippen molar-refractivity contribution in [3.63, 3.8) is 0 Å². The average molecular weight is 340 g/mol. The van der Waals surface area contributed by atoms with Gasteiger partial charge in [-0.1, -0.05) is 30.3 Å². The maximum absolute atomic E-state index is 12.5. The van der Waals surface area contributed by atoms with Crippen molar-refractivity contribution in [2.75, 3.05) is 0 Å². The molecule has 0 bridgehead atoms. The van der Waals surface area contributed by atoms with E-state index in [0.29, 0.717) is 4.90 Å². The summed E-state index contributed by atoms with van der Waals surface area (Å²) in [7, 11) is 0. The summed E-state index contributed by atoms with van der Waals surface area (Å²) in [4.78, 5) is 47.8. The van der Waals surface area contributed by atoms with Crippen molar-refractivity contribution >= 4 is 23.5 Å². The molecule has 0 saturated heterocycles. The number of aliphatic carboxylic acids is 1. The Bertz CT molecular complexity index is 873. The molecule has 1 atom stereocenters. The van der Waals surface area contributed by atoms with E-state index < -0.39 is 28.7 Å². The van der Waals surface area contributed by atoms with Crippen LogP contribution < -0.4 is 0 Å². The highest BCUT2D eigenvalue weighted by molar-refractivity contribution is 6.22. The number of rotatable bonds is 5. The quantitative estimate of drug-likeness (QED) is 0.504. The fourth-order valence-corrected chi connectivity index (χ4v) is 2.85. The minimum atomic E-state index is -1.53. The van der Waals surface area contributed by atoms with Crippen LogP contribution in [0.4, 0.5) is 5.69 Å². The smallest absolute Gasteiger partial charge is 0.327 e. The number of fused-ring (bicyclic) bond motifs is 1. The van der Waals surface area contributed by atoms with E-state index in [9.17, 15) is 29.6 Å². The van der Waals surface area contributed by atoms with Crippen LogP contribution in [0.1, 0.15) is 26.3 Å². The Kier molecular flexibility index (Phi) is 4.02. The normalized spacial score (nSPS) is 14.3. The number of carboxylic acid groups (broad SMARTS) is 1. The Hall–Kier alpha value is -3.55. The summed E-state index contributed by atoms with van der Waals surface area (Å²) >= 11 is 0. The predicted octanol–water partition coefficient (Wildman–Crippen LogP) is 1.89. The molecule has 2 aromatic rings. The number of carbonyl (C=O) groups excluding carboxylic acids is 2. The number of para-hydroxylation sites is 1. The number of imide groups is 1. The van der Waals surface area contributed by atoms with Gasteiger partial charge in [0.15, 0.2) is 0 Å². The monoisotopic (exact) mass is 340 g/mol. The van der Waals surface area contributed by atoms with Crippen LogP contribution in [-0.2, 0) is 11.2 Å². The van der Waals surface area contributed by atoms with Gasteiger partial charge in [0.1, 0.15) is 6.04 Å². The standard InChI is InChI=1S/C17H12N2O6/c20-15-11-6-2-3-7-12(11)16(21)18(15)14(17(22)23)9-10-5-1-4-8-13(10)19(24)25/h1-8,14H,9H2,(H,22,23)/t14-/m1/s1. The zero-order valence-electron chi connectivity index (χ0n) is 12.8. The summed E-state index contributed by atoms with van der Waals surface area (Å²) < 4.78 is 0. The zero-order chi connectivity index (χ0) is 18.1. The first-order chi connectivity index (χ1) is 11.9. The first-order valence-electron chi connectivity index (χ1n) is 7.34. The van der Waals surface area contributed by atoms with Gasteiger partial charge in [0, 0.05) is 18.1 Å². The zero-order valence-corrected chi connectivity index (χ0v) is 12.8. The molecular formula is C17H12N2O6. The van der Waals surface area contributed by atoms with Gasteiger partial charge in [-0.2, -0.15) is 0 Å². The first kappa shape index (κ1) is 16.3. The van der Waals surface area contributed by atoms with Crippen LogP contribution in [0.15, 0.2) is 48.5 Å². The molecule has 8 heteroatoms. The van der Waals surface area contributed by atoms with Gasteiger partial charge in [0.25, 0.3) is 17.5 Å². The lowest BCUT2D eigenvalue weighted by molar-refractivity contribution is -0.385. The fraction of sp³-hybridized carbons (Fsp3) is 0.118. The molecule has 1 aliphatic heterocycles. The molecule has 1 N–H and O–H groups in total. The van der Waals surface area contributed by atoms with Gasteiger partial charge in [0.05, 0.1) is 16.1 Å². The molecule has 1 aliphatic rings. The molecule has 3 rings (SSSR count). The largest absolute Gasteiger partial charge is 0.480 e. The molecule has 2 aromatic carbocycles. The van der Waals surface area contributed by atoms with Crippen LogP contribution in [0.2, 0.25) is 0 Å². The molecule has 2 amide bonds. The Labute approximate surface area is 141 Å². The van der Waals surface area contributed by atoms with Crippen LogP contribution >= 0.6 is 0 Å². The third-order valence-corrected chi connectivity index (χ3v) is 4.02. The third-order valence-electron chi connectivity index (χ3n) is 4.02. The highest BCUT2D eigenvalue weighted by atomic mass is 16.6. The second-order valence-corrected chi connectivity index (χ2v) is 5.47. The highest BCUT2D eigenvalue weighted by Gasteiger charge is 2.43. The van der Waals surface area contributed by atoms with Gasteiger partial charge >= 0.3 is 5.97 Å². The molecular weight excluding hydrogens is 328 g/mol. The van der Waals surface area contributed by atoms with Crippen molar-refractivity contribution in [1.29, 1.82) is 0 Å². The van der Waals surface area contributed by atoms with Crippen molar-refractivity contribution in [2.24, 2.45) is 0 Å². The van der Waals surface area contributed by atoms with Crippen LogP contribution in [-0.4, -0.2) is 38.8 Å². The van der Waals surface area contributed by atoms with Gasteiger partial charge in [0.2, 0.25) is 0 Å². The van der Waals surface area contributed by atoms with E-state index in [1.165, 1.54) is 36.4 Å². The number of nitrogens with zero attached hydrogens (tertiary/aromatic N) is 2. The Morgan fingerprint density at radius 3 is 2.08 bits per heavy atom. The molecule has 0 fully saturated rings. The summed E-state index contributed by atoms with van der Waals surface area (Å²) in [6, 6.07) is 10.1.